The Morgan fingerprint density at radius 2 is 2.17 bits per heavy atom. The molecule has 0 bridgehead atoms. The van der Waals surface area contributed by atoms with Crippen LogP contribution in [0.15, 0.2) is 52.7 Å². The van der Waals surface area contributed by atoms with Gasteiger partial charge in [-0.25, -0.2) is 4.79 Å². The SMILES string of the molecule is C=CC(=O)OCCN(CC)c1ccc(N=Nc2scn[n+]2C)cc1. The van der Waals surface area contributed by atoms with Gasteiger partial charge in [-0.3, -0.25) is 0 Å². The summed E-state index contributed by atoms with van der Waals surface area (Å²) >= 11 is 1.43. The molecule has 0 radical (unpaired) electrons. The summed E-state index contributed by atoms with van der Waals surface area (Å²) in [5.41, 5.74) is 3.52. The van der Waals surface area contributed by atoms with Crippen LogP contribution in [-0.4, -0.2) is 30.8 Å². The molecule has 0 fully saturated rings. The lowest BCUT2D eigenvalue weighted by molar-refractivity contribution is -0.713. The van der Waals surface area contributed by atoms with Crippen LogP contribution in [0.1, 0.15) is 6.92 Å². The maximum absolute atomic E-state index is 11.1. The third kappa shape index (κ3) is 4.95. The van der Waals surface area contributed by atoms with Crippen LogP contribution in [0, 0.1) is 0 Å². The number of hydrogen-bond donors (Lipinski definition) is 0. The van der Waals surface area contributed by atoms with E-state index < -0.39 is 5.97 Å². The van der Waals surface area contributed by atoms with E-state index in [2.05, 4.69) is 26.8 Å². The molecule has 1 heterocycles. The summed E-state index contributed by atoms with van der Waals surface area (Å²) in [4.78, 5) is 13.2. The number of hydrogen-bond acceptors (Lipinski definition) is 7. The predicted molar refractivity (Wildman–Crippen MR) is 93.0 cm³/mol. The van der Waals surface area contributed by atoms with Gasteiger partial charge in [-0.15, -0.1) is 4.68 Å². The predicted octanol–water partition coefficient (Wildman–Crippen LogP) is 2.94. The number of carbonyl (C=O) groups excluding carboxylic acids is 1. The highest BCUT2D eigenvalue weighted by atomic mass is 32.1. The van der Waals surface area contributed by atoms with Gasteiger partial charge in [-0.1, -0.05) is 11.7 Å². The Morgan fingerprint density at radius 1 is 1.42 bits per heavy atom. The van der Waals surface area contributed by atoms with Gasteiger partial charge in [0.1, 0.15) is 24.9 Å². The fourth-order valence-corrected chi connectivity index (χ4v) is 2.54. The van der Waals surface area contributed by atoms with Crippen LogP contribution >= 0.6 is 11.3 Å². The van der Waals surface area contributed by atoms with Gasteiger partial charge in [-0.2, -0.15) is 0 Å². The first kappa shape index (κ1) is 17.7. The van der Waals surface area contributed by atoms with Gasteiger partial charge in [0.05, 0.1) is 11.7 Å². The Balaban J connectivity index is 1.96. The molecule has 0 unspecified atom stereocenters. The second-order valence-corrected chi connectivity index (χ2v) is 5.62. The number of nitrogens with zero attached hydrogens (tertiary/aromatic N) is 5. The molecular formula is C16H20N5O2S+. The van der Waals surface area contributed by atoms with Crippen molar-refractivity contribution in [1.82, 2.24) is 5.10 Å². The first-order valence-corrected chi connectivity index (χ1v) is 8.37. The van der Waals surface area contributed by atoms with Crippen LogP contribution in [-0.2, 0) is 16.6 Å². The first-order valence-electron chi connectivity index (χ1n) is 7.49. The van der Waals surface area contributed by atoms with Gasteiger partial charge in [-0.05, 0) is 47.6 Å². The number of carbonyl (C=O) groups is 1. The Labute approximate surface area is 144 Å². The fraction of sp³-hybridized carbons (Fsp3) is 0.312. The van der Waals surface area contributed by atoms with Crippen molar-refractivity contribution in [2.24, 2.45) is 17.3 Å². The van der Waals surface area contributed by atoms with Crippen molar-refractivity contribution in [1.29, 1.82) is 0 Å². The van der Waals surface area contributed by atoms with Crippen molar-refractivity contribution in [2.75, 3.05) is 24.6 Å². The summed E-state index contributed by atoms with van der Waals surface area (Å²) in [5.74, 6) is -0.405. The second-order valence-electron chi connectivity index (χ2n) is 4.81. The molecule has 0 N–H and O–H groups in total. The zero-order chi connectivity index (χ0) is 17.4. The molecule has 2 rings (SSSR count). The Bertz CT molecular complexity index is 712. The maximum Gasteiger partial charge on any atom is 0.429 e. The van der Waals surface area contributed by atoms with Gasteiger partial charge in [0.15, 0.2) is 0 Å². The van der Waals surface area contributed by atoms with E-state index in [1.807, 2.05) is 38.2 Å². The van der Waals surface area contributed by atoms with Crippen LogP contribution in [0.4, 0.5) is 16.5 Å². The van der Waals surface area contributed by atoms with E-state index in [0.717, 1.165) is 23.1 Å². The number of aromatic nitrogens is 2. The highest BCUT2D eigenvalue weighted by molar-refractivity contribution is 7.12. The van der Waals surface area contributed by atoms with Gasteiger partial charge < -0.3 is 9.64 Å². The molecule has 0 aliphatic carbocycles. The third-order valence-corrected chi connectivity index (χ3v) is 4.03. The van der Waals surface area contributed by atoms with E-state index in [0.29, 0.717) is 13.2 Å². The molecular weight excluding hydrogens is 326 g/mol. The van der Waals surface area contributed by atoms with Crippen LogP contribution in [0.2, 0.25) is 0 Å². The largest absolute Gasteiger partial charge is 0.461 e. The number of anilines is 1. The molecule has 2 aromatic rings. The zero-order valence-corrected chi connectivity index (χ0v) is 14.6. The fourth-order valence-electron chi connectivity index (χ4n) is 1.97. The number of azo groups is 1. The zero-order valence-electron chi connectivity index (χ0n) is 13.8. The summed E-state index contributed by atoms with van der Waals surface area (Å²) in [5, 5.41) is 13.2. The molecule has 0 saturated carbocycles. The van der Waals surface area contributed by atoms with Crippen LogP contribution in [0.3, 0.4) is 0 Å². The monoisotopic (exact) mass is 346 g/mol. The molecule has 0 saturated heterocycles. The molecule has 0 aliphatic rings. The minimum atomic E-state index is -0.405. The number of benzene rings is 1. The molecule has 8 heteroatoms. The maximum atomic E-state index is 11.1. The van der Waals surface area contributed by atoms with E-state index in [1.165, 1.54) is 17.4 Å². The first-order chi connectivity index (χ1) is 11.6. The highest BCUT2D eigenvalue weighted by Crippen LogP contribution is 2.22. The lowest BCUT2D eigenvalue weighted by atomic mass is 10.2. The molecule has 1 aromatic heterocycles. The van der Waals surface area contributed by atoms with Crippen molar-refractivity contribution in [3.63, 3.8) is 0 Å². The van der Waals surface area contributed by atoms with Gasteiger partial charge in [0.2, 0.25) is 0 Å². The minimum Gasteiger partial charge on any atom is -0.461 e. The Hall–Kier alpha value is -2.61. The summed E-state index contributed by atoms with van der Waals surface area (Å²) in [6.45, 7) is 7.17. The Kier molecular flexibility index (Phi) is 6.56. The standard InChI is InChI=1S/C16H20N5O2S/c1-4-15(22)23-11-10-21(5-2)14-8-6-13(7-9-14)18-19-16-20(3)17-12-24-16/h4,6-9,12H,1,5,10-11H2,2-3H3/q+1. The van der Waals surface area contributed by atoms with Crippen LogP contribution in [0.5, 0.6) is 0 Å². The van der Waals surface area contributed by atoms with E-state index >= 15 is 0 Å². The average molecular weight is 346 g/mol. The van der Waals surface area contributed by atoms with Gasteiger partial charge in [0.25, 0.3) is 0 Å². The second kappa shape index (κ2) is 8.88. The quantitative estimate of drug-likeness (QED) is 0.319. The molecule has 126 valence electrons. The van der Waals surface area contributed by atoms with Gasteiger partial charge in [0, 0.05) is 18.3 Å². The molecule has 0 aliphatic heterocycles. The highest BCUT2D eigenvalue weighted by Gasteiger charge is 2.09. The Morgan fingerprint density at radius 3 is 2.75 bits per heavy atom. The van der Waals surface area contributed by atoms with E-state index in [-0.39, 0.29) is 0 Å². The average Bonchev–Trinajstić information content (AvgIpc) is 3.02. The van der Waals surface area contributed by atoms with Crippen molar-refractivity contribution in [3.8, 4) is 0 Å². The molecule has 0 amide bonds. The number of likely N-dealkylation sites (N-methyl/N-ethyl adjacent to an activating group) is 1. The van der Waals surface area contributed by atoms with Crippen molar-refractivity contribution < 1.29 is 14.2 Å². The topological polar surface area (TPSA) is 71.0 Å². The minimum absolute atomic E-state index is 0.321. The molecule has 7 nitrogen and oxygen atoms in total. The summed E-state index contributed by atoms with van der Waals surface area (Å²) in [6, 6.07) is 7.75. The lowest BCUT2D eigenvalue weighted by Gasteiger charge is -2.22. The van der Waals surface area contributed by atoms with Crippen molar-refractivity contribution in [3.05, 3.63) is 42.4 Å². The van der Waals surface area contributed by atoms with E-state index in [1.54, 1.807) is 10.2 Å². The van der Waals surface area contributed by atoms with E-state index in [4.69, 9.17) is 4.74 Å². The summed E-state index contributed by atoms with van der Waals surface area (Å²) < 4.78 is 6.69. The number of ether oxygens (including phenoxy) is 1. The number of rotatable bonds is 8. The smallest absolute Gasteiger partial charge is 0.429 e. The lowest BCUT2D eigenvalue weighted by Crippen LogP contribution is -2.28. The molecule has 0 atom stereocenters. The van der Waals surface area contributed by atoms with E-state index in [9.17, 15) is 4.79 Å². The molecule has 1 aromatic carbocycles. The number of aryl methyl sites for hydroxylation is 1. The van der Waals surface area contributed by atoms with Crippen molar-refractivity contribution in [2.45, 2.75) is 6.92 Å². The van der Waals surface area contributed by atoms with Gasteiger partial charge >= 0.3 is 11.1 Å². The molecule has 0 spiro atoms. The summed E-state index contributed by atoms with van der Waals surface area (Å²) in [6.07, 6.45) is 1.17. The van der Waals surface area contributed by atoms with Crippen LogP contribution in [0.25, 0.3) is 0 Å². The summed E-state index contributed by atoms with van der Waals surface area (Å²) in [7, 11) is 1.83. The number of esters is 1. The van der Waals surface area contributed by atoms with Crippen LogP contribution < -0.4 is 9.58 Å². The third-order valence-electron chi connectivity index (χ3n) is 3.28. The normalized spacial score (nSPS) is 10.8. The molecule has 24 heavy (non-hydrogen) atoms. The van der Waals surface area contributed by atoms with Crippen molar-refractivity contribution >= 4 is 33.8 Å².